The minimum absolute atomic E-state index is 0.0943. The van der Waals surface area contributed by atoms with Gasteiger partial charge in [-0.25, -0.2) is 4.98 Å². The maximum Gasteiger partial charge on any atom is 0.198 e. The molecule has 33 heavy (non-hydrogen) atoms. The summed E-state index contributed by atoms with van der Waals surface area (Å²) < 4.78 is 0. The number of pyridine rings is 1. The SMILES string of the molecule is O=C(c1ccc2nc3ccc(C(=O)C4(O)CCCCC4)c(O)c3cc2c1)C1(O)CCCCC1. The molecule has 2 aliphatic rings. The van der Waals surface area contributed by atoms with Crippen LogP contribution in [0.15, 0.2) is 36.4 Å². The molecule has 2 aliphatic carbocycles. The molecule has 6 nitrogen and oxygen atoms in total. The van der Waals surface area contributed by atoms with E-state index in [-0.39, 0.29) is 17.1 Å². The average Bonchev–Trinajstić information content (AvgIpc) is 2.83. The summed E-state index contributed by atoms with van der Waals surface area (Å²) >= 11 is 0. The molecule has 5 rings (SSSR count). The number of aromatic nitrogens is 1. The summed E-state index contributed by atoms with van der Waals surface area (Å²) in [6, 6.07) is 10.1. The Hall–Kier alpha value is -2.83. The Labute approximate surface area is 192 Å². The molecular formula is C27H29NO5. The first-order valence-corrected chi connectivity index (χ1v) is 11.9. The smallest absolute Gasteiger partial charge is 0.198 e. The van der Waals surface area contributed by atoms with Gasteiger partial charge < -0.3 is 15.3 Å². The van der Waals surface area contributed by atoms with Crippen molar-refractivity contribution in [2.75, 3.05) is 0 Å². The van der Waals surface area contributed by atoms with Crippen LogP contribution in [0.25, 0.3) is 21.8 Å². The molecule has 2 fully saturated rings. The summed E-state index contributed by atoms with van der Waals surface area (Å²) in [6.45, 7) is 0. The van der Waals surface area contributed by atoms with Gasteiger partial charge in [0.05, 0.1) is 16.6 Å². The molecule has 0 atom stereocenters. The number of fused-ring (bicyclic) bond motifs is 2. The summed E-state index contributed by atoms with van der Waals surface area (Å²) in [4.78, 5) is 30.7. The van der Waals surface area contributed by atoms with Crippen molar-refractivity contribution in [2.24, 2.45) is 0 Å². The number of aromatic hydroxyl groups is 1. The lowest BCUT2D eigenvalue weighted by atomic mass is 9.79. The normalized spacial score (nSPS) is 20.1. The fourth-order valence-corrected chi connectivity index (χ4v) is 5.47. The summed E-state index contributed by atoms with van der Waals surface area (Å²) in [6.07, 6.45) is 6.98. The third-order valence-electron chi connectivity index (χ3n) is 7.48. The van der Waals surface area contributed by atoms with Crippen molar-refractivity contribution in [2.45, 2.75) is 75.4 Å². The molecule has 0 aliphatic heterocycles. The molecule has 0 amide bonds. The number of benzene rings is 2. The Kier molecular flexibility index (Phi) is 5.46. The van der Waals surface area contributed by atoms with E-state index in [0.717, 1.165) is 38.5 Å². The number of hydrogen-bond acceptors (Lipinski definition) is 6. The molecule has 6 heteroatoms. The molecule has 2 saturated carbocycles. The van der Waals surface area contributed by atoms with Crippen molar-refractivity contribution in [3.05, 3.63) is 47.5 Å². The van der Waals surface area contributed by atoms with E-state index in [4.69, 9.17) is 0 Å². The van der Waals surface area contributed by atoms with E-state index in [9.17, 15) is 24.9 Å². The van der Waals surface area contributed by atoms with Crippen molar-refractivity contribution < 1.29 is 24.9 Å². The minimum atomic E-state index is -1.44. The molecule has 3 aromatic rings. The lowest BCUT2D eigenvalue weighted by Crippen LogP contribution is -2.40. The number of carbonyl (C=O) groups is 2. The van der Waals surface area contributed by atoms with Crippen LogP contribution in [-0.2, 0) is 0 Å². The van der Waals surface area contributed by atoms with Crippen LogP contribution in [-0.4, -0.2) is 43.1 Å². The van der Waals surface area contributed by atoms with Gasteiger partial charge in [0.15, 0.2) is 11.6 Å². The van der Waals surface area contributed by atoms with Gasteiger partial charge in [-0.1, -0.05) is 38.5 Å². The first kappa shape index (κ1) is 22.0. The van der Waals surface area contributed by atoms with E-state index in [0.29, 0.717) is 53.1 Å². The molecule has 2 aromatic carbocycles. The second-order valence-corrected chi connectivity index (χ2v) is 9.77. The number of nitrogens with zero attached hydrogens (tertiary/aromatic N) is 1. The van der Waals surface area contributed by atoms with Gasteiger partial charge in [0.2, 0.25) is 0 Å². The molecule has 0 spiro atoms. The molecule has 1 heterocycles. The second-order valence-electron chi connectivity index (χ2n) is 9.77. The highest BCUT2D eigenvalue weighted by Gasteiger charge is 2.39. The fraction of sp³-hybridized carbons (Fsp3) is 0.444. The van der Waals surface area contributed by atoms with E-state index < -0.39 is 17.0 Å². The van der Waals surface area contributed by atoms with Crippen LogP contribution in [0, 0.1) is 0 Å². The summed E-state index contributed by atoms with van der Waals surface area (Å²) in [5.74, 6) is -0.935. The monoisotopic (exact) mass is 447 g/mol. The van der Waals surface area contributed by atoms with Gasteiger partial charge in [0, 0.05) is 16.3 Å². The number of hydrogen-bond donors (Lipinski definition) is 3. The van der Waals surface area contributed by atoms with Gasteiger partial charge in [-0.05, 0) is 62.1 Å². The Morgan fingerprint density at radius 2 is 1.30 bits per heavy atom. The predicted molar refractivity (Wildman–Crippen MR) is 126 cm³/mol. The van der Waals surface area contributed by atoms with Gasteiger partial charge in [0.1, 0.15) is 17.0 Å². The van der Waals surface area contributed by atoms with E-state index in [1.807, 2.05) is 0 Å². The molecule has 0 saturated heterocycles. The summed E-state index contributed by atoms with van der Waals surface area (Å²) in [5, 5.41) is 33.7. The Morgan fingerprint density at radius 3 is 1.94 bits per heavy atom. The van der Waals surface area contributed by atoms with E-state index in [2.05, 4.69) is 4.98 Å². The molecule has 3 N–H and O–H groups in total. The predicted octanol–water partition coefficient (Wildman–Crippen LogP) is 4.85. The van der Waals surface area contributed by atoms with Crippen molar-refractivity contribution in [1.29, 1.82) is 0 Å². The van der Waals surface area contributed by atoms with Crippen molar-refractivity contribution in [3.63, 3.8) is 0 Å². The zero-order valence-electron chi connectivity index (χ0n) is 18.6. The highest BCUT2D eigenvalue weighted by Crippen LogP contribution is 2.37. The summed E-state index contributed by atoms with van der Waals surface area (Å²) in [7, 11) is 0. The molecule has 1 aromatic heterocycles. The number of phenols is 1. The Balaban J connectivity index is 1.55. The second kappa shape index (κ2) is 8.19. The standard InChI is InChI=1S/C27H29NO5/c29-23-19(25(31)27(33)13-5-2-6-14-27)8-10-22-20(23)16-18-15-17(7-9-21(18)28-22)24(30)26(32)11-3-1-4-12-26/h7-10,15-16,29,32-33H,1-6,11-14H2. The highest BCUT2D eigenvalue weighted by molar-refractivity contribution is 6.10. The number of carbonyl (C=O) groups excluding carboxylic acids is 2. The van der Waals surface area contributed by atoms with Crippen molar-refractivity contribution in [1.82, 2.24) is 4.98 Å². The summed E-state index contributed by atoms with van der Waals surface area (Å²) in [5.41, 5.74) is -1.08. The van der Waals surface area contributed by atoms with Gasteiger partial charge in [0.25, 0.3) is 0 Å². The number of Topliss-reactive ketones (excluding diaryl/α,β-unsaturated/α-hetero) is 2. The first-order valence-electron chi connectivity index (χ1n) is 11.9. The lowest BCUT2D eigenvalue weighted by molar-refractivity contribution is 0.0114. The van der Waals surface area contributed by atoms with Crippen LogP contribution >= 0.6 is 0 Å². The molecule has 0 bridgehead atoms. The van der Waals surface area contributed by atoms with Crippen LogP contribution in [0.3, 0.4) is 0 Å². The van der Waals surface area contributed by atoms with Gasteiger partial charge in [-0.2, -0.15) is 0 Å². The third kappa shape index (κ3) is 3.81. The highest BCUT2D eigenvalue weighted by atomic mass is 16.3. The van der Waals surface area contributed by atoms with Gasteiger partial charge >= 0.3 is 0 Å². The minimum Gasteiger partial charge on any atom is -0.506 e. The zero-order valence-corrected chi connectivity index (χ0v) is 18.6. The van der Waals surface area contributed by atoms with Gasteiger partial charge in [-0.3, -0.25) is 9.59 Å². The largest absolute Gasteiger partial charge is 0.506 e. The Morgan fingerprint density at radius 1 is 0.727 bits per heavy atom. The fourth-order valence-electron chi connectivity index (χ4n) is 5.47. The van der Waals surface area contributed by atoms with Crippen LogP contribution in [0.5, 0.6) is 5.75 Å². The maximum absolute atomic E-state index is 13.1. The van der Waals surface area contributed by atoms with Crippen LogP contribution < -0.4 is 0 Å². The average molecular weight is 448 g/mol. The topological polar surface area (TPSA) is 108 Å². The van der Waals surface area contributed by atoms with Crippen molar-refractivity contribution >= 4 is 33.4 Å². The molecule has 0 radical (unpaired) electrons. The van der Waals surface area contributed by atoms with Crippen LogP contribution in [0.1, 0.15) is 84.9 Å². The molecular weight excluding hydrogens is 418 g/mol. The third-order valence-corrected chi connectivity index (χ3v) is 7.48. The number of rotatable bonds is 4. The van der Waals surface area contributed by atoms with Crippen LogP contribution in [0.4, 0.5) is 0 Å². The Bertz CT molecular complexity index is 1250. The van der Waals surface area contributed by atoms with Gasteiger partial charge in [-0.15, -0.1) is 0 Å². The number of phenolic OH excluding ortho intramolecular Hbond substituents is 1. The maximum atomic E-state index is 13.1. The van der Waals surface area contributed by atoms with Crippen LogP contribution in [0.2, 0.25) is 0 Å². The quantitative estimate of drug-likeness (QED) is 0.390. The van der Waals surface area contributed by atoms with E-state index >= 15 is 0 Å². The van der Waals surface area contributed by atoms with E-state index in [1.54, 1.807) is 30.3 Å². The molecule has 0 unspecified atom stereocenters. The number of aliphatic hydroxyl groups is 2. The van der Waals surface area contributed by atoms with Crippen molar-refractivity contribution in [3.8, 4) is 5.75 Å². The first-order chi connectivity index (χ1) is 15.8. The molecule has 172 valence electrons. The zero-order chi connectivity index (χ0) is 23.2. The number of ketones is 2. The lowest BCUT2D eigenvalue weighted by Gasteiger charge is -2.30. The van der Waals surface area contributed by atoms with E-state index in [1.165, 1.54) is 6.07 Å².